The minimum absolute atomic E-state index is 0.0395. The molecule has 2 heterocycles. The zero-order chi connectivity index (χ0) is 23.2. The largest absolute Gasteiger partial charge is 0.495 e. The highest BCUT2D eigenvalue weighted by molar-refractivity contribution is 7.99. The zero-order valence-corrected chi connectivity index (χ0v) is 19.6. The molecule has 1 amide bonds. The molecule has 0 aliphatic carbocycles. The number of methoxy groups -OCH3 is 1. The number of benzene rings is 2. The van der Waals surface area contributed by atoms with Gasteiger partial charge >= 0.3 is 0 Å². The molecule has 1 aromatic heterocycles. The van der Waals surface area contributed by atoms with E-state index in [-0.39, 0.29) is 16.7 Å². The van der Waals surface area contributed by atoms with Gasteiger partial charge in [0.05, 0.1) is 23.6 Å². The number of ether oxygens (including phenoxy) is 1. The highest BCUT2D eigenvalue weighted by Gasteiger charge is 2.21. The number of para-hydroxylation sites is 2. The second kappa shape index (κ2) is 10.7. The Hall–Kier alpha value is -3.04. The molecule has 3 aromatic rings. The number of halogens is 2. The molecule has 0 bridgehead atoms. The third kappa shape index (κ3) is 5.85. The summed E-state index contributed by atoms with van der Waals surface area (Å²) >= 11 is 7.00. The Bertz CT molecular complexity index is 1130. The molecule has 7 nitrogen and oxygen atoms in total. The summed E-state index contributed by atoms with van der Waals surface area (Å²) in [6.07, 6.45) is 1.70. The minimum Gasteiger partial charge on any atom is -0.495 e. The number of thioether (sulfide) groups is 1. The molecule has 0 atom stereocenters. The summed E-state index contributed by atoms with van der Waals surface area (Å²) in [7, 11) is 1.68. The van der Waals surface area contributed by atoms with Gasteiger partial charge in [-0.1, -0.05) is 35.5 Å². The first-order chi connectivity index (χ1) is 16.0. The summed E-state index contributed by atoms with van der Waals surface area (Å²) in [6, 6.07) is 13.9. The zero-order valence-electron chi connectivity index (χ0n) is 18.0. The summed E-state index contributed by atoms with van der Waals surface area (Å²) < 4.78 is 18.7. The van der Waals surface area contributed by atoms with E-state index in [2.05, 4.69) is 31.2 Å². The molecule has 1 N–H and O–H groups in total. The lowest BCUT2D eigenvalue weighted by molar-refractivity contribution is -0.113. The van der Waals surface area contributed by atoms with Crippen LogP contribution < -0.4 is 19.9 Å². The first kappa shape index (κ1) is 23.1. The van der Waals surface area contributed by atoms with Crippen molar-refractivity contribution >= 4 is 46.5 Å². The van der Waals surface area contributed by atoms with Gasteiger partial charge in [-0.2, -0.15) is 0 Å². The molecule has 0 unspecified atom stereocenters. The molecule has 4 rings (SSSR count). The smallest absolute Gasteiger partial charge is 0.234 e. The van der Waals surface area contributed by atoms with E-state index in [0.717, 1.165) is 43.4 Å². The van der Waals surface area contributed by atoms with Crippen molar-refractivity contribution in [1.82, 2.24) is 9.97 Å². The van der Waals surface area contributed by atoms with Gasteiger partial charge in [0.15, 0.2) is 5.16 Å². The molecule has 1 aliphatic heterocycles. The highest BCUT2D eigenvalue weighted by atomic mass is 35.5. The Labute approximate surface area is 200 Å². The van der Waals surface area contributed by atoms with Crippen LogP contribution in [0.5, 0.6) is 5.75 Å². The fraction of sp³-hybridized carbons (Fsp3) is 0.261. The predicted molar refractivity (Wildman–Crippen MR) is 130 cm³/mol. The van der Waals surface area contributed by atoms with Crippen LogP contribution in [0, 0.1) is 5.82 Å². The van der Waals surface area contributed by atoms with E-state index in [4.69, 9.17) is 16.3 Å². The molecule has 172 valence electrons. The van der Waals surface area contributed by atoms with Crippen LogP contribution in [0.15, 0.2) is 59.9 Å². The Morgan fingerprint density at radius 3 is 2.67 bits per heavy atom. The van der Waals surface area contributed by atoms with Crippen molar-refractivity contribution in [2.75, 3.05) is 54.2 Å². The molecular formula is C23H23ClFN5O2S. The Kier molecular flexibility index (Phi) is 7.51. The van der Waals surface area contributed by atoms with E-state index in [0.29, 0.717) is 10.8 Å². The van der Waals surface area contributed by atoms with Crippen LogP contribution in [0.1, 0.15) is 0 Å². The van der Waals surface area contributed by atoms with Crippen molar-refractivity contribution < 1.29 is 13.9 Å². The van der Waals surface area contributed by atoms with E-state index in [1.165, 1.54) is 30.0 Å². The number of nitrogens with one attached hydrogen (secondary N) is 1. The third-order valence-corrected chi connectivity index (χ3v) is 6.34. The van der Waals surface area contributed by atoms with Gasteiger partial charge in [-0.15, -0.1) is 0 Å². The summed E-state index contributed by atoms with van der Waals surface area (Å²) in [4.78, 5) is 25.6. The fourth-order valence-electron chi connectivity index (χ4n) is 3.55. The first-order valence-electron chi connectivity index (χ1n) is 10.4. The fourth-order valence-corrected chi connectivity index (χ4v) is 4.35. The normalized spacial score (nSPS) is 13.7. The van der Waals surface area contributed by atoms with Crippen molar-refractivity contribution in [2.45, 2.75) is 5.16 Å². The number of piperazine rings is 1. The number of hydrogen-bond donors (Lipinski definition) is 1. The lowest BCUT2D eigenvalue weighted by atomic mass is 10.2. The standard InChI is InChI=1S/C23H23ClFN5O2S/c1-32-20-5-3-2-4-19(20)29-10-12-30(13-11-29)21-8-9-26-23(28-21)33-15-22(31)27-16-6-7-18(25)17(24)14-16/h2-9,14H,10-13,15H2,1H3,(H,27,31). The van der Waals surface area contributed by atoms with Crippen molar-refractivity contribution in [3.63, 3.8) is 0 Å². The summed E-state index contributed by atoms with van der Waals surface area (Å²) in [6.45, 7) is 3.31. The monoisotopic (exact) mass is 487 g/mol. The number of amides is 1. The third-order valence-electron chi connectivity index (χ3n) is 5.18. The van der Waals surface area contributed by atoms with Crippen molar-refractivity contribution in [3.05, 3.63) is 65.6 Å². The van der Waals surface area contributed by atoms with Crippen LogP contribution in [0.4, 0.5) is 21.6 Å². The van der Waals surface area contributed by atoms with E-state index in [1.54, 1.807) is 13.3 Å². The molecule has 33 heavy (non-hydrogen) atoms. The lowest BCUT2D eigenvalue weighted by Crippen LogP contribution is -2.47. The maximum absolute atomic E-state index is 13.3. The van der Waals surface area contributed by atoms with Gasteiger partial charge in [0, 0.05) is 38.1 Å². The number of carbonyl (C=O) groups is 1. The Balaban J connectivity index is 1.31. The van der Waals surface area contributed by atoms with Gasteiger partial charge in [-0.05, 0) is 36.4 Å². The molecule has 1 fully saturated rings. The molecule has 0 spiro atoms. The van der Waals surface area contributed by atoms with Crippen LogP contribution in [0.2, 0.25) is 5.02 Å². The van der Waals surface area contributed by atoms with Gasteiger partial charge in [-0.3, -0.25) is 4.79 Å². The van der Waals surface area contributed by atoms with Gasteiger partial charge in [0.25, 0.3) is 0 Å². The number of anilines is 3. The quantitative estimate of drug-likeness (QED) is 0.392. The van der Waals surface area contributed by atoms with Crippen LogP contribution in [-0.2, 0) is 4.79 Å². The average molecular weight is 488 g/mol. The first-order valence-corrected chi connectivity index (χ1v) is 11.7. The maximum Gasteiger partial charge on any atom is 0.234 e. The topological polar surface area (TPSA) is 70.6 Å². The number of hydrogen-bond acceptors (Lipinski definition) is 7. The highest BCUT2D eigenvalue weighted by Crippen LogP contribution is 2.29. The van der Waals surface area contributed by atoms with E-state index < -0.39 is 5.82 Å². The number of nitrogens with zero attached hydrogens (tertiary/aromatic N) is 4. The minimum atomic E-state index is -0.530. The van der Waals surface area contributed by atoms with Crippen LogP contribution in [-0.4, -0.2) is 54.9 Å². The molecule has 1 saturated heterocycles. The number of aromatic nitrogens is 2. The van der Waals surface area contributed by atoms with Gasteiger partial charge < -0.3 is 19.9 Å². The number of rotatable bonds is 7. The molecule has 0 saturated carbocycles. The molecule has 2 aromatic carbocycles. The molecular weight excluding hydrogens is 465 g/mol. The van der Waals surface area contributed by atoms with Crippen LogP contribution in [0.25, 0.3) is 0 Å². The van der Waals surface area contributed by atoms with E-state index in [9.17, 15) is 9.18 Å². The van der Waals surface area contributed by atoms with Crippen LogP contribution >= 0.6 is 23.4 Å². The molecule has 1 aliphatic rings. The van der Waals surface area contributed by atoms with E-state index >= 15 is 0 Å². The van der Waals surface area contributed by atoms with Gasteiger partial charge in [-0.25, -0.2) is 14.4 Å². The predicted octanol–water partition coefficient (Wildman–Crippen LogP) is 4.34. The summed E-state index contributed by atoms with van der Waals surface area (Å²) in [5.41, 5.74) is 1.53. The SMILES string of the molecule is COc1ccccc1N1CCN(c2ccnc(SCC(=O)Nc3ccc(F)c(Cl)c3)n2)CC1. The number of carbonyl (C=O) groups excluding carboxylic acids is 1. The lowest BCUT2D eigenvalue weighted by Gasteiger charge is -2.37. The second-order valence-electron chi connectivity index (χ2n) is 7.31. The maximum atomic E-state index is 13.3. The molecule has 0 radical (unpaired) electrons. The summed E-state index contributed by atoms with van der Waals surface area (Å²) in [5.74, 6) is 1.05. The van der Waals surface area contributed by atoms with Gasteiger partial charge in [0.2, 0.25) is 5.91 Å². The Morgan fingerprint density at radius 1 is 1.15 bits per heavy atom. The Morgan fingerprint density at radius 2 is 1.91 bits per heavy atom. The van der Waals surface area contributed by atoms with Gasteiger partial charge in [0.1, 0.15) is 17.4 Å². The van der Waals surface area contributed by atoms with Crippen molar-refractivity contribution in [1.29, 1.82) is 0 Å². The average Bonchev–Trinajstić information content (AvgIpc) is 2.85. The summed E-state index contributed by atoms with van der Waals surface area (Å²) in [5, 5.41) is 3.18. The van der Waals surface area contributed by atoms with Crippen LogP contribution in [0.3, 0.4) is 0 Å². The van der Waals surface area contributed by atoms with Crippen molar-refractivity contribution in [3.8, 4) is 5.75 Å². The van der Waals surface area contributed by atoms with Crippen molar-refractivity contribution in [2.24, 2.45) is 0 Å². The second-order valence-corrected chi connectivity index (χ2v) is 8.66. The van der Waals surface area contributed by atoms with E-state index in [1.807, 2.05) is 24.3 Å². The molecule has 10 heteroatoms.